The molecule has 3 atom stereocenters. The molecular weight excluding hydrogens is 543 g/mol. The van der Waals surface area contributed by atoms with Gasteiger partial charge in [0.15, 0.2) is 11.6 Å². The number of aliphatic hydroxyl groups is 1. The van der Waals surface area contributed by atoms with Crippen LogP contribution in [0, 0.1) is 11.7 Å². The largest absolute Gasteiger partial charge is 0.491 e. The van der Waals surface area contributed by atoms with Crippen molar-refractivity contribution in [3.8, 4) is 17.2 Å². The first kappa shape index (κ1) is 29.3. The molecule has 1 saturated heterocycles. The van der Waals surface area contributed by atoms with Crippen molar-refractivity contribution in [1.82, 2.24) is 4.90 Å². The lowest BCUT2D eigenvalue weighted by atomic mass is 9.82. The van der Waals surface area contributed by atoms with Crippen LogP contribution in [-0.2, 0) is 22.4 Å². The second-order valence-corrected chi connectivity index (χ2v) is 10.4. The van der Waals surface area contributed by atoms with Gasteiger partial charge in [-0.25, -0.2) is 4.39 Å². The molecule has 2 aliphatic heterocycles. The number of hydrogen-bond donors (Lipinski definition) is 3. The molecule has 5 rings (SSSR count). The number of carbonyl (C=O) groups is 2. The minimum atomic E-state index is -1.06. The fraction of sp³-hybridized carbons (Fsp3) is 0.375. The van der Waals surface area contributed by atoms with Gasteiger partial charge < -0.3 is 29.7 Å². The first-order valence-electron chi connectivity index (χ1n) is 14.1. The minimum Gasteiger partial charge on any atom is -0.491 e. The van der Waals surface area contributed by atoms with E-state index in [1.807, 2.05) is 36.9 Å². The molecule has 0 aromatic heterocycles. The van der Waals surface area contributed by atoms with E-state index in [9.17, 15) is 19.1 Å². The lowest BCUT2D eigenvalue weighted by Gasteiger charge is -2.27. The Kier molecular flexibility index (Phi) is 8.94. The normalized spacial score (nSPS) is 19.6. The van der Waals surface area contributed by atoms with Gasteiger partial charge in [-0.05, 0) is 59.4 Å². The van der Waals surface area contributed by atoms with E-state index < -0.39 is 29.7 Å². The second-order valence-electron chi connectivity index (χ2n) is 10.4. The Bertz CT molecular complexity index is 1420. The van der Waals surface area contributed by atoms with Crippen LogP contribution in [0.2, 0.25) is 0 Å². The number of hydrogen-bond acceptors (Lipinski definition) is 7. The van der Waals surface area contributed by atoms with E-state index in [4.69, 9.17) is 19.3 Å². The van der Waals surface area contributed by atoms with Gasteiger partial charge in [-0.1, -0.05) is 44.2 Å². The molecule has 0 saturated carbocycles. The number of ether oxygens (including phenoxy) is 3. The molecule has 3 aromatic rings. The number of nitrogens with one attached hydrogen (secondary N) is 1. The van der Waals surface area contributed by atoms with Crippen LogP contribution in [0.5, 0.6) is 17.2 Å². The van der Waals surface area contributed by atoms with E-state index in [0.717, 1.165) is 29.7 Å². The van der Waals surface area contributed by atoms with Crippen LogP contribution >= 0.6 is 0 Å². The van der Waals surface area contributed by atoms with Gasteiger partial charge >= 0.3 is 5.97 Å². The number of benzene rings is 3. The Morgan fingerprint density at radius 1 is 1.05 bits per heavy atom. The maximum Gasteiger partial charge on any atom is 0.309 e. The first-order chi connectivity index (χ1) is 20.3. The summed E-state index contributed by atoms with van der Waals surface area (Å²) in [5.74, 6) is -2.80. The van der Waals surface area contributed by atoms with Crippen LogP contribution in [0.25, 0.3) is 0 Å². The number of para-hydroxylation sites is 1. The smallest absolute Gasteiger partial charge is 0.309 e. The second kappa shape index (κ2) is 12.8. The number of aryl methyl sites for hydroxylation is 2. The summed E-state index contributed by atoms with van der Waals surface area (Å²) in [6.45, 7) is 4.08. The molecule has 0 radical (unpaired) electrons. The fourth-order valence-corrected chi connectivity index (χ4v) is 6.02. The minimum absolute atomic E-state index is 0.0104. The van der Waals surface area contributed by atoms with Crippen molar-refractivity contribution in [2.75, 3.05) is 38.4 Å². The molecule has 2 heterocycles. The highest BCUT2D eigenvalue weighted by Crippen LogP contribution is 2.48. The summed E-state index contributed by atoms with van der Waals surface area (Å²) in [5, 5.41) is 22.7. The third-order valence-corrected chi connectivity index (χ3v) is 7.95. The predicted molar refractivity (Wildman–Crippen MR) is 154 cm³/mol. The summed E-state index contributed by atoms with van der Waals surface area (Å²) >= 11 is 0. The molecule has 1 fully saturated rings. The van der Waals surface area contributed by atoms with E-state index >= 15 is 0 Å². The SMILES string of the molecule is CCc1cccc(CC)c1NC(=O)CN1C[C@H](c2cc(F)c3c(c2)OCO3)C(C(=O)O)[C@@H]1c1ccc(OCCO)cc1. The van der Waals surface area contributed by atoms with Crippen molar-refractivity contribution < 1.29 is 38.4 Å². The van der Waals surface area contributed by atoms with Gasteiger partial charge in [0.2, 0.25) is 18.4 Å². The van der Waals surface area contributed by atoms with Gasteiger partial charge in [0.25, 0.3) is 0 Å². The van der Waals surface area contributed by atoms with E-state index in [0.29, 0.717) is 16.9 Å². The zero-order chi connectivity index (χ0) is 29.8. The first-order valence-corrected chi connectivity index (χ1v) is 14.1. The zero-order valence-electron chi connectivity index (χ0n) is 23.6. The van der Waals surface area contributed by atoms with Gasteiger partial charge in [-0.2, -0.15) is 0 Å². The lowest BCUT2D eigenvalue weighted by Crippen LogP contribution is -2.35. The summed E-state index contributed by atoms with van der Waals surface area (Å²) in [5.41, 5.74) is 3.98. The highest BCUT2D eigenvalue weighted by Gasteiger charge is 2.48. The number of aliphatic hydroxyl groups excluding tert-OH is 1. The Morgan fingerprint density at radius 2 is 1.76 bits per heavy atom. The molecule has 0 spiro atoms. The lowest BCUT2D eigenvalue weighted by molar-refractivity contribution is -0.143. The summed E-state index contributed by atoms with van der Waals surface area (Å²) in [7, 11) is 0. The highest BCUT2D eigenvalue weighted by molar-refractivity contribution is 5.94. The molecule has 3 aromatic carbocycles. The van der Waals surface area contributed by atoms with Crippen LogP contribution in [0.1, 0.15) is 48.1 Å². The molecule has 9 nitrogen and oxygen atoms in total. The average molecular weight is 579 g/mol. The molecule has 0 aliphatic carbocycles. The molecule has 0 bridgehead atoms. The number of fused-ring (bicyclic) bond motifs is 1. The van der Waals surface area contributed by atoms with Crippen molar-refractivity contribution in [3.63, 3.8) is 0 Å². The standard InChI is InChI=1S/C32H35FN2O7/c1-3-19-6-5-7-20(4-2)29(19)34-27(37)17-35-16-24(22-14-25(33)31-26(15-22)41-18-42-31)28(32(38)39)30(35)21-8-10-23(11-9-21)40-13-12-36/h5-11,14-15,24,28,30,36H,3-4,12-13,16-18H2,1-2H3,(H,34,37)(H,38,39)/t24-,28?,30+/m1/s1. The summed E-state index contributed by atoms with van der Waals surface area (Å²) in [4.78, 5) is 28.2. The van der Waals surface area contributed by atoms with Crippen molar-refractivity contribution in [2.24, 2.45) is 5.92 Å². The van der Waals surface area contributed by atoms with Crippen molar-refractivity contribution in [3.05, 3.63) is 82.7 Å². The maximum absolute atomic E-state index is 14.9. The van der Waals surface area contributed by atoms with Crippen LogP contribution in [0.15, 0.2) is 54.6 Å². The van der Waals surface area contributed by atoms with Crippen molar-refractivity contribution in [2.45, 2.75) is 38.6 Å². The number of nitrogens with zero attached hydrogens (tertiary/aromatic N) is 1. The number of carboxylic acids is 1. The number of carbonyl (C=O) groups excluding carboxylic acids is 1. The maximum atomic E-state index is 14.9. The topological polar surface area (TPSA) is 118 Å². The number of amides is 1. The van der Waals surface area contributed by atoms with Crippen molar-refractivity contribution >= 4 is 17.6 Å². The molecule has 3 N–H and O–H groups in total. The third-order valence-electron chi connectivity index (χ3n) is 7.95. The van der Waals surface area contributed by atoms with Gasteiger partial charge in [0, 0.05) is 24.2 Å². The van der Waals surface area contributed by atoms with Gasteiger partial charge in [0.05, 0.1) is 19.1 Å². The summed E-state index contributed by atoms with van der Waals surface area (Å²) < 4.78 is 31.0. The quantitative estimate of drug-likeness (QED) is 0.304. The highest BCUT2D eigenvalue weighted by atomic mass is 19.1. The Balaban J connectivity index is 1.49. The van der Waals surface area contributed by atoms with Crippen LogP contribution in [0.4, 0.5) is 10.1 Å². The number of anilines is 1. The summed E-state index contributed by atoms with van der Waals surface area (Å²) in [6.07, 6.45) is 1.50. The number of aliphatic carboxylic acids is 1. The predicted octanol–water partition coefficient (Wildman–Crippen LogP) is 4.53. The fourth-order valence-electron chi connectivity index (χ4n) is 6.02. The molecule has 1 amide bonds. The number of halogens is 1. The third kappa shape index (κ3) is 5.91. The molecule has 42 heavy (non-hydrogen) atoms. The zero-order valence-corrected chi connectivity index (χ0v) is 23.6. The van der Waals surface area contributed by atoms with Crippen LogP contribution in [-0.4, -0.2) is 60.1 Å². The van der Waals surface area contributed by atoms with Crippen molar-refractivity contribution in [1.29, 1.82) is 0 Å². The van der Waals surface area contributed by atoms with E-state index in [1.165, 1.54) is 6.07 Å². The van der Waals surface area contributed by atoms with Crippen LogP contribution in [0.3, 0.4) is 0 Å². The number of carboxylic acid groups (broad SMARTS) is 1. The Morgan fingerprint density at radius 3 is 2.40 bits per heavy atom. The van der Waals surface area contributed by atoms with E-state index in [2.05, 4.69) is 5.32 Å². The molecular formula is C32H35FN2O7. The number of rotatable bonds is 11. The molecule has 222 valence electrons. The summed E-state index contributed by atoms with van der Waals surface area (Å²) in [6, 6.07) is 15.1. The monoisotopic (exact) mass is 578 g/mol. The Labute approximate surface area is 243 Å². The molecule has 1 unspecified atom stereocenters. The van der Waals surface area contributed by atoms with Crippen LogP contribution < -0.4 is 19.5 Å². The van der Waals surface area contributed by atoms with Gasteiger partial charge in [-0.3, -0.25) is 14.5 Å². The van der Waals surface area contributed by atoms with Gasteiger partial charge in [-0.15, -0.1) is 0 Å². The molecule has 2 aliphatic rings. The Hall–Kier alpha value is -4.15. The molecule has 10 heteroatoms. The van der Waals surface area contributed by atoms with E-state index in [-0.39, 0.29) is 50.5 Å². The van der Waals surface area contributed by atoms with E-state index in [1.54, 1.807) is 30.3 Å². The number of likely N-dealkylation sites (tertiary alicyclic amines) is 1. The van der Waals surface area contributed by atoms with Gasteiger partial charge in [0.1, 0.15) is 12.4 Å². The average Bonchev–Trinajstić information content (AvgIpc) is 3.62.